The summed E-state index contributed by atoms with van der Waals surface area (Å²) in [4.78, 5) is 23.6. The SMILES string of the molecule is COC(=O)c1ccc(CC[C@H](O)[C@H](CO)C(=O)OCc2ccccc2)cc1. The van der Waals surface area contributed by atoms with Crippen molar-refractivity contribution in [1.29, 1.82) is 0 Å². The molecule has 0 aliphatic heterocycles. The maximum absolute atomic E-state index is 12.2. The lowest BCUT2D eigenvalue weighted by Crippen LogP contribution is -2.33. The van der Waals surface area contributed by atoms with Gasteiger partial charge in [0.1, 0.15) is 12.5 Å². The molecule has 0 aliphatic rings. The minimum absolute atomic E-state index is 0.0951. The summed E-state index contributed by atoms with van der Waals surface area (Å²) in [6, 6.07) is 16.0. The van der Waals surface area contributed by atoms with Gasteiger partial charge in [-0.05, 0) is 36.1 Å². The minimum Gasteiger partial charge on any atom is -0.465 e. The third kappa shape index (κ3) is 6.20. The molecule has 0 aliphatic carbocycles. The fourth-order valence-electron chi connectivity index (χ4n) is 2.63. The van der Waals surface area contributed by atoms with Crippen molar-refractivity contribution in [2.45, 2.75) is 25.6 Å². The van der Waals surface area contributed by atoms with Gasteiger partial charge in [0.15, 0.2) is 0 Å². The van der Waals surface area contributed by atoms with Crippen LogP contribution in [-0.4, -0.2) is 42.0 Å². The van der Waals surface area contributed by atoms with E-state index in [2.05, 4.69) is 4.74 Å². The lowest BCUT2D eigenvalue weighted by atomic mass is 9.96. The first-order chi connectivity index (χ1) is 13.0. The number of aliphatic hydroxyl groups excluding tert-OH is 2. The second kappa shape index (κ2) is 10.4. The lowest BCUT2D eigenvalue weighted by Gasteiger charge is -2.19. The Morgan fingerprint density at radius 1 is 1.00 bits per heavy atom. The normalized spacial score (nSPS) is 12.9. The van der Waals surface area contributed by atoms with Crippen molar-refractivity contribution >= 4 is 11.9 Å². The second-order valence-electron chi connectivity index (χ2n) is 6.18. The number of carbonyl (C=O) groups excluding carboxylic acids is 2. The molecule has 0 unspecified atom stereocenters. The van der Waals surface area contributed by atoms with Crippen molar-refractivity contribution in [3.05, 3.63) is 71.3 Å². The molecule has 0 spiro atoms. The maximum atomic E-state index is 12.2. The van der Waals surface area contributed by atoms with E-state index in [9.17, 15) is 19.8 Å². The van der Waals surface area contributed by atoms with Crippen LogP contribution < -0.4 is 0 Å². The quantitative estimate of drug-likeness (QED) is 0.655. The van der Waals surface area contributed by atoms with Gasteiger partial charge in [0.25, 0.3) is 0 Å². The molecular formula is C21H24O6. The topological polar surface area (TPSA) is 93.1 Å². The Morgan fingerprint density at radius 3 is 2.26 bits per heavy atom. The number of aliphatic hydroxyl groups is 2. The standard InChI is InChI=1S/C21H24O6/c1-26-20(24)17-10-7-15(8-11-17)9-12-19(23)18(13-22)21(25)27-14-16-5-3-2-4-6-16/h2-8,10-11,18-19,22-23H,9,12-14H2,1H3/t18-,19-/m0/s1. The van der Waals surface area contributed by atoms with Crippen LogP contribution in [0.2, 0.25) is 0 Å². The molecule has 2 aromatic carbocycles. The van der Waals surface area contributed by atoms with Crippen molar-refractivity contribution in [1.82, 2.24) is 0 Å². The molecule has 2 rings (SSSR count). The second-order valence-corrected chi connectivity index (χ2v) is 6.18. The van der Waals surface area contributed by atoms with Crippen molar-refractivity contribution in [3.8, 4) is 0 Å². The van der Waals surface area contributed by atoms with Crippen LogP contribution in [0, 0.1) is 5.92 Å². The third-order valence-electron chi connectivity index (χ3n) is 4.29. The summed E-state index contributed by atoms with van der Waals surface area (Å²) in [7, 11) is 1.32. The number of rotatable bonds is 9. The highest BCUT2D eigenvalue weighted by Gasteiger charge is 2.27. The summed E-state index contributed by atoms with van der Waals surface area (Å²) in [5, 5.41) is 19.8. The van der Waals surface area contributed by atoms with Crippen LogP contribution in [0.3, 0.4) is 0 Å². The first-order valence-electron chi connectivity index (χ1n) is 8.72. The van der Waals surface area contributed by atoms with Crippen molar-refractivity contribution < 1.29 is 29.3 Å². The molecule has 6 nitrogen and oxygen atoms in total. The predicted octanol–water partition coefficient (Wildman–Crippen LogP) is 2.12. The molecular weight excluding hydrogens is 348 g/mol. The molecule has 0 saturated heterocycles. The number of benzene rings is 2. The van der Waals surface area contributed by atoms with E-state index in [1.807, 2.05) is 30.3 Å². The summed E-state index contributed by atoms with van der Waals surface area (Å²) in [6.45, 7) is -0.395. The molecule has 2 aromatic rings. The zero-order valence-electron chi connectivity index (χ0n) is 15.2. The number of ether oxygens (including phenoxy) is 2. The van der Waals surface area contributed by atoms with Crippen molar-refractivity contribution in [2.75, 3.05) is 13.7 Å². The van der Waals surface area contributed by atoms with Gasteiger partial charge in [-0.25, -0.2) is 4.79 Å². The van der Waals surface area contributed by atoms with Gasteiger partial charge in [0.05, 0.1) is 25.4 Å². The van der Waals surface area contributed by atoms with Crippen LogP contribution >= 0.6 is 0 Å². The smallest absolute Gasteiger partial charge is 0.337 e. The number of hydrogen-bond donors (Lipinski definition) is 2. The van der Waals surface area contributed by atoms with E-state index in [1.54, 1.807) is 24.3 Å². The fraction of sp³-hybridized carbons (Fsp3) is 0.333. The summed E-state index contributed by atoms with van der Waals surface area (Å²) >= 11 is 0. The summed E-state index contributed by atoms with van der Waals surface area (Å²) in [5.41, 5.74) is 2.18. The number of hydrogen-bond acceptors (Lipinski definition) is 6. The van der Waals surface area contributed by atoms with E-state index < -0.39 is 30.6 Å². The highest BCUT2D eigenvalue weighted by atomic mass is 16.5. The largest absolute Gasteiger partial charge is 0.465 e. The zero-order chi connectivity index (χ0) is 19.6. The molecule has 6 heteroatoms. The Balaban J connectivity index is 1.85. The average Bonchev–Trinajstić information content (AvgIpc) is 2.71. The average molecular weight is 372 g/mol. The van der Waals surface area contributed by atoms with Gasteiger partial charge in [-0.3, -0.25) is 4.79 Å². The highest BCUT2D eigenvalue weighted by molar-refractivity contribution is 5.89. The fourth-order valence-corrected chi connectivity index (χ4v) is 2.63. The first-order valence-corrected chi connectivity index (χ1v) is 8.72. The van der Waals surface area contributed by atoms with E-state index >= 15 is 0 Å². The van der Waals surface area contributed by atoms with E-state index in [0.717, 1.165) is 11.1 Å². The van der Waals surface area contributed by atoms with Gasteiger partial charge in [-0.2, -0.15) is 0 Å². The van der Waals surface area contributed by atoms with E-state index in [1.165, 1.54) is 7.11 Å². The van der Waals surface area contributed by atoms with Crippen LogP contribution in [0.5, 0.6) is 0 Å². The monoisotopic (exact) mass is 372 g/mol. The molecule has 144 valence electrons. The summed E-state index contributed by atoms with van der Waals surface area (Å²) in [5.74, 6) is -2.04. The molecule has 0 amide bonds. The Kier molecular flexibility index (Phi) is 7.98. The summed E-state index contributed by atoms with van der Waals surface area (Å²) in [6.07, 6.45) is -0.257. The minimum atomic E-state index is -1.03. The molecule has 2 atom stereocenters. The van der Waals surface area contributed by atoms with E-state index in [4.69, 9.17) is 4.74 Å². The molecule has 27 heavy (non-hydrogen) atoms. The number of carbonyl (C=O) groups is 2. The molecule has 0 bridgehead atoms. The van der Waals surface area contributed by atoms with Crippen LogP contribution in [0.15, 0.2) is 54.6 Å². The maximum Gasteiger partial charge on any atom is 0.337 e. The Bertz CT molecular complexity index is 726. The van der Waals surface area contributed by atoms with E-state index in [0.29, 0.717) is 12.0 Å². The molecule has 2 N–H and O–H groups in total. The van der Waals surface area contributed by atoms with Gasteiger partial charge < -0.3 is 19.7 Å². The van der Waals surface area contributed by atoms with Crippen LogP contribution in [0.1, 0.15) is 27.9 Å². The molecule has 0 aromatic heterocycles. The highest BCUT2D eigenvalue weighted by Crippen LogP contribution is 2.15. The van der Waals surface area contributed by atoms with Crippen molar-refractivity contribution in [2.24, 2.45) is 5.92 Å². The number of esters is 2. The molecule has 0 fully saturated rings. The zero-order valence-corrected chi connectivity index (χ0v) is 15.2. The Hall–Kier alpha value is -2.70. The third-order valence-corrected chi connectivity index (χ3v) is 4.29. The number of methoxy groups -OCH3 is 1. The number of aryl methyl sites for hydroxylation is 1. The van der Waals surface area contributed by atoms with Gasteiger partial charge in [0, 0.05) is 0 Å². The Labute approximate surface area is 158 Å². The predicted molar refractivity (Wildman–Crippen MR) is 98.9 cm³/mol. The van der Waals surface area contributed by atoms with Gasteiger partial charge in [0.2, 0.25) is 0 Å². The van der Waals surface area contributed by atoms with Gasteiger partial charge in [-0.15, -0.1) is 0 Å². The van der Waals surface area contributed by atoms with Crippen LogP contribution in [0.4, 0.5) is 0 Å². The first kappa shape index (κ1) is 20.6. The lowest BCUT2D eigenvalue weighted by molar-refractivity contribution is -0.156. The van der Waals surface area contributed by atoms with Gasteiger partial charge >= 0.3 is 11.9 Å². The van der Waals surface area contributed by atoms with Crippen molar-refractivity contribution in [3.63, 3.8) is 0 Å². The van der Waals surface area contributed by atoms with Crippen LogP contribution in [0.25, 0.3) is 0 Å². The summed E-state index contributed by atoms with van der Waals surface area (Å²) < 4.78 is 9.84. The molecule has 0 heterocycles. The van der Waals surface area contributed by atoms with Gasteiger partial charge in [-0.1, -0.05) is 42.5 Å². The van der Waals surface area contributed by atoms with E-state index in [-0.39, 0.29) is 13.0 Å². The Morgan fingerprint density at radius 2 is 1.67 bits per heavy atom. The van der Waals surface area contributed by atoms with Crippen LogP contribution in [-0.2, 0) is 27.3 Å². The molecule has 0 saturated carbocycles. The molecule has 0 radical (unpaired) electrons.